The number of nitrogens with zero attached hydrogens (tertiary/aromatic N) is 4. The molecular weight excluding hydrogens is 793 g/mol. The van der Waals surface area contributed by atoms with Crippen LogP contribution in [0.5, 0.6) is 34.5 Å². The van der Waals surface area contributed by atoms with Gasteiger partial charge in [0, 0.05) is 51.7 Å². The van der Waals surface area contributed by atoms with Crippen LogP contribution in [0.3, 0.4) is 0 Å². The fraction of sp³-hybridized carbons (Fsp3) is 0.375. The smallest absolute Gasteiger partial charge is 0.872 e. The van der Waals surface area contributed by atoms with E-state index in [-0.39, 0.29) is 63.0 Å². The Bertz CT molecular complexity index is 1510. The molecule has 288 valence electrons. The summed E-state index contributed by atoms with van der Waals surface area (Å²) in [6.07, 6.45) is 2.93. The molecule has 16 nitrogen and oxygen atoms in total. The molecule has 3 aromatic rings. The molecule has 1 saturated heterocycles. The van der Waals surface area contributed by atoms with E-state index in [1.165, 1.54) is 12.1 Å². The van der Waals surface area contributed by atoms with Crippen molar-refractivity contribution in [2.24, 2.45) is 9.98 Å². The Kier molecular flexibility index (Phi) is 22.6. The molecule has 1 aliphatic heterocycles. The van der Waals surface area contributed by atoms with E-state index < -0.39 is 10.2 Å². The van der Waals surface area contributed by atoms with E-state index in [4.69, 9.17) is 32.8 Å². The van der Waals surface area contributed by atoms with Crippen LogP contribution in [0.2, 0.25) is 0 Å². The molecule has 51 heavy (non-hydrogen) atoms. The number of halogens is 1. The molecule has 0 aliphatic carbocycles. The van der Waals surface area contributed by atoms with Crippen LogP contribution in [0.1, 0.15) is 22.9 Å². The van der Waals surface area contributed by atoms with Gasteiger partial charge in [0.05, 0.1) is 40.6 Å². The fourth-order valence-corrected chi connectivity index (χ4v) is 4.96. The van der Waals surface area contributed by atoms with Gasteiger partial charge >= 0.3 is 34.1 Å². The van der Waals surface area contributed by atoms with Gasteiger partial charge in [-0.25, -0.2) is 18.6 Å². The first kappa shape index (κ1) is 47.8. The zero-order valence-corrected chi connectivity index (χ0v) is 30.6. The van der Waals surface area contributed by atoms with E-state index in [0.717, 1.165) is 19.6 Å². The van der Waals surface area contributed by atoms with Crippen molar-refractivity contribution in [1.29, 1.82) is 0 Å². The average Bonchev–Trinajstić information content (AvgIpc) is 3.45. The predicted molar refractivity (Wildman–Crippen MR) is 165 cm³/mol. The standard InChI is InChI=1S/C32H41N5O6.ClHO4.2Cu.H2O/c1-41-25-4-7-29(38)23(18-25)21-34-11-10-33-12-14-36-16-17-37(32(36)28-20-27(43-3)6-9-31(28)40)15-13-35-22-24-19-26(42-2)5-8-30(24)39;2-1(3,4)5;;;/h4-9,18-22,32-33,38-40H,10-17H2,1-3H3;(H,2,3,4,5);;;1H2/q;;2*+2;/p-4/t32-;;;;/m1..../s1. The predicted octanol–water partition coefficient (Wildman–Crippen LogP) is -4.21. The van der Waals surface area contributed by atoms with Gasteiger partial charge < -0.3 is 40.3 Å². The molecule has 3 N–H and O–H groups in total. The molecule has 0 spiro atoms. The summed E-state index contributed by atoms with van der Waals surface area (Å²) in [5.74, 6) is 1.59. The van der Waals surface area contributed by atoms with Gasteiger partial charge in [-0.15, -0.1) is 16.0 Å². The molecule has 2 radical (unpaired) electrons. The van der Waals surface area contributed by atoms with E-state index in [2.05, 4.69) is 25.1 Å². The average molecular weight is 833 g/mol. The molecule has 0 saturated carbocycles. The number of aliphatic imine (C=N–C) groups is 2. The van der Waals surface area contributed by atoms with Crippen LogP contribution >= 0.6 is 0 Å². The number of rotatable bonds is 15. The Morgan fingerprint density at radius 1 is 0.686 bits per heavy atom. The number of benzene rings is 3. The summed E-state index contributed by atoms with van der Waals surface area (Å²) in [4.78, 5) is 13.4. The molecule has 1 fully saturated rings. The minimum atomic E-state index is -4.94. The first-order chi connectivity index (χ1) is 22.9. The Hall–Kier alpha value is -3.19. The van der Waals surface area contributed by atoms with Crippen LogP contribution in [0, 0.1) is 10.2 Å². The topological polar surface area (TPSA) is 264 Å². The van der Waals surface area contributed by atoms with E-state index in [1.807, 2.05) is 6.07 Å². The SMILES string of the molecule is COc1ccc([O-])c(C=NCCNCCN2CCN(CCN=Cc3cc(OC)ccc3[O-])[C@@H]2c2cc(OC)ccc2[O-])c1.O.[Cu+2].[Cu+2].[O-][Cl+3]([O-])([O-])[O-]. The molecule has 1 heterocycles. The second kappa shape index (κ2) is 24.1. The van der Waals surface area contributed by atoms with Crippen molar-refractivity contribution in [3.05, 3.63) is 71.3 Å². The number of hydrogen-bond acceptors (Lipinski definition) is 15. The summed E-state index contributed by atoms with van der Waals surface area (Å²) in [5.41, 5.74) is 1.63. The van der Waals surface area contributed by atoms with E-state index in [0.29, 0.717) is 66.7 Å². The van der Waals surface area contributed by atoms with E-state index in [1.54, 1.807) is 70.2 Å². The van der Waals surface area contributed by atoms with Gasteiger partial charge in [0.15, 0.2) is 0 Å². The molecule has 4 rings (SSSR count). The minimum Gasteiger partial charge on any atom is -0.872 e. The van der Waals surface area contributed by atoms with Crippen molar-refractivity contribution >= 4 is 12.4 Å². The molecule has 1 atom stereocenters. The minimum absolute atomic E-state index is 0. The van der Waals surface area contributed by atoms with Gasteiger partial charge in [-0.3, -0.25) is 19.8 Å². The van der Waals surface area contributed by atoms with Crippen molar-refractivity contribution in [1.82, 2.24) is 15.1 Å². The summed E-state index contributed by atoms with van der Waals surface area (Å²) in [6, 6.07) is 14.6. The third-order valence-electron chi connectivity index (χ3n) is 7.27. The molecule has 3 aromatic carbocycles. The second-order valence-electron chi connectivity index (χ2n) is 10.4. The summed E-state index contributed by atoms with van der Waals surface area (Å²) in [5, 5.41) is 40.5. The zero-order chi connectivity index (χ0) is 35.1. The first-order valence-corrected chi connectivity index (χ1v) is 16.0. The quantitative estimate of drug-likeness (QED) is 0.0866. The van der Waals surface area contributed by atoms with Gasteiger partial charge in [-0.1, -0.05) is 29.7 Å². The Morgan fingerprint density at radius 3 is 1.61 bits per heavy atom. The fourth-order valence-electron chi connectivity index (χ4n) is 4.96. The zero-order valence-electron chi connectivity index (χ0n) is 27.9. The molecule has 0 bridgehead atoms. The maximum Gasteiger partial charge on any atom is 2.00 e. The Balaban J connectivity index is 0.00000292. The number of hydrogen-bond donors (Lipinski definition) is 1. The van der Waals surface area contributed by atoms with Crippen LogP contribution in [0.4, 0.5) is 0 Å². The van der Waals surface area contributed by atoms with Crippen molar-refractivity contribution < 1.29 is 98.0 Å². The summed E-state index contributed by atoms with van der Waals surface area (Å²) < 4.78 is 49.8. The van der Waals surface area contributed by atoms with Crippen molar-refractivity contribution in [3.8, 4) is 34.5 Å². The Morgan fingerprint density at radius 2 is 1.12 bits per heavy atom. The number of methoxy groups -OCH3 is 3. The van der Waals surface area contributed by atoms with Gasteiger partial charge in [0.2, 0.25) is 0 Å². The normalized spacial score (nSPS) is 14.6. The molecule has 0 amide bonds. The summed E-state index contributed by atoms with van der Waals surface area (Å²) in [6.45, 7) is 5.21. The summed E-state index contributed by atoms with van der Waals surface area (Å²) >= 11 is 0. The van der Waals surface area contributed by atoms with Gasteiger partial charge in [0.25, 0.3) is 0 Å². The maximum atomic E-state index is 13.0. The Labute approximate surface area is 320 Å². The van der Waals surface area contributed by atoms with Crippen LogP contribution < -0.4 is 53.5 Å². The van der Waals surface area contributed by atoms with E-state index in [9.17, 15) is 15.3 Å². The number of ether oxygens (including phenoxy) is 3. The van der Waals surface area contributed by atoms with Crippen molar-refractivity contribution in [2.75, 3.05) is 73.7 Å². The monoisotopic (exact) mass is 831 g/mol. The van der Waals surface area contributed by atoms with Gasteiger partial charge in [-0.05, 0) is 53.1 Å². The number of nitrogens with one attached hydrogen (secondary N) is 1. The summed E-state index contributed by atoms with van der Waals surface area (Å²) in [7, 11) is -0.242. The van der Waals surface area contributed by atoms with Gasteiger partial charge in [-0.2, -0.15) is 0 Å². The molecule has 0 aromatic heterocycles. The third kappa shape index (κ3) is 16.4. The molecule has 1 aliphatic rings. The van der Waals surface area contributed by atoms with E-state index >= 15 is 0 Å². The van der Waals surface area contributed by atoms with Crippen molar-refractivity contribution in [2.45, 2.75) is 6.17 Å². The third-order valence-corrected chi connectivity index (χ3v) is 7.27. The molecule has 19 heteroatoms. The maximum absolute atomic E-state index is 13.0. The second-order valence-corrected chi connectivity index (χ2v) is 11.1. The van der Waals surface area contributed by atoms with Crippen molar-refractivity contribution in [3.63, 3.8) is 0 Å². The van der Waals surface area contributed by atoms with Crippen LogP contribution in [0.15, 0.2) is 64.6 Å². The molecular formula is C32H40ClCu2N5O11. The van der Waals surface area contributed by atoms with Gasteiger partial charge in [0.1, 0.15) is 17.2 Å². The largest absolute Gasteiger partial charge is 2.00 e. The van der Waals surface area contributed by atoms with Crippen LogP contribution in [-0.4, -0.2) is 101 Å². The molecule has 0 unspecified atom stereocenters. The van der Waals surface area contributed by atoms with Crippen LogP contribution in [-0.2, 0) is 34.1 Å². The van der Waals surface area contributed by atoms with Crippen LogP contribution in [0.25, 0.3) is 0 Å². The first-order valence-electron chi connectivity index (χ1n) is 14.8.